The van der Waals surface area contributed by atoms with E-state index in [4.69, 9.17) is 0 Å². The van der Waals surface area contributed by atoms with Crippen LogP contribution in [0.1, 0.15) is 24.8 Å². The zero-order valence-electron chi connectivity index (χ0n) is 12.9. The van der Waals surface area contributed by atoms with Crippen molar-refractivity contribution in [3.63, 3.8) is 0 Å². The first-order chi connectivity index (χ1) is 10.8. The quantitative estimate of drug-likeness (QED) is 0.804. The lowest BCUT2D eigenvalue weighted by Crippen LogP contribution is -2.43. The number of hydrogen-bond donors (Lipinski definition) is 0. The lowest BCUT2D eigenvalue weighted by atomic mass is 10.1. The highest BCUT2D eigenvalue weighted by atomic mass is 32.2. The summed E-state index contributed by atoms with van der Waals surface area (Å²) in [6.07, 6.45) is 7.59. The molecule has 1 aromatic carbocycles. The van der Waals surface area contributed by atoms with Crippen molar-refractivity contribution < 1.29 is 4.79 Å². The summed E-state index contributed by atoms with van der Waals surface area (Å²) in [6.45, 7) is 2.80. The largest absolute Gasteiger partial charge is 0.286 e. The van der Waals surface area contributed by atoms with Crippen molar-refractivity contribution in [3.05, 3.63) is 41.6 Å². The third-order valence-corrected chi connectivity index (χ3v) is 4.66. The Hall–Kier alpha value is -1.59. The van der Waals surface area contributed by atoms with E-state index in [9.17, 15) is 4.79 Å². The first kappa shape index (κ1) is 15.3. The second kappa shape index (κ2) is 7.11. The van der Waals surface area contributed by atoms with Crippen LogP contribution < -0.4 is 0 Å². The number of benzene rings is 1. The lowest BCUT2D eigenvalue weighted by molar-refractivity contribution is -0.124. The van der Waals surface area contributed by atoms with Crippen molar-refractivity contribution in [2.45, 2.75) is 19.3 Å². The van der Waals surface area contributed by atoms with Crippen molar-refractivity contribution in [2.75, 3.05) is 26.0 Å². The van der Waals surface area contributed by atoms with Gasteiger partial charge in [0, 0.05) is 0 Å². The van der Waals surface area contributed by atoms with E-state index in [0.717, 1.165) is 23.8 Å². The van der Waals surface area contributed by atoms with Gasteiger partial charge in [-0.15, -0.1) is 0 Å². The number of rotatable bonds is 3. The van der Waals surface area contributed by atoms with Crippen LogP contribution in [0.2, 0.25) is 0 Å². The summed E-state index contributed by atoms with van der Waals surface area (Å²) >= 11 is 1.53. The predicted octanol–water partition coefficient (Wildman–Crippen LogP) is 3.03. The molecule has 5 heteroatoms. The molecule has 0 radical (unpaired) electrons. The van der Waals surface area contributed by atoms with Crippen LogP contribution in [0.4, 0.5) is 0 Å². The highest BCUT2D eigenvalue weighted by molar-refractivity contribution is 8.13. The van der Waals surface area contributed by atoms with Crippen molar-refractivity contribution >= 4 is 28.9 Å². The molecule has 0 spiro atoms. The third-order valence-electron chi connectivity index (χ3n) is 3.99. The molecule has 1 amide bonds. The highest BCUT2D eigenvalue weighted by Gasteiger charge is 2.31. The fourth-order valence-corrected chi connectivity index (χ4v) is 3.37. The molecule has 1 aromatic rings. The Morgan fingerprint density at radius 1 is 1.18 bits per heavy atom. The first-order valence-electron chi connectivity index (χ1n) is 7.71. The van der Waals surface area contributed by atoms with Gasteiger partial charge in [0.25, 0.3) is 5.91 Å². The van der Waals surface area contributed by atoms with E-state index >= 15 is 0 Å². The Morgan fingerprint density at radius 3 is 2.59 bits per heavy atom. The zero-order chi connectivity index (χ0) is 15.4. The maximum Gasteiger partial charge on any atom is 0.279 e. The molecular weight excluding hydrogens is 294 g/mol. The monoisotopic (exact) mass is 315 g/mol. The minimum absolute atomic E-state index is 0.0128. The van der Waals surface area contributed by atoms with Gasteiger partial charge < -0.3 is 0 Å². The molecule has 0 atom stereocenters. The van der Waals surface area contributed by atoms with Crippen LogP contribution in [0.5, 0.6) is 0 Å². The van der Waals surface area contributed by atoms with Crippen LogP contribution in [0.3, 0.4) is 0 Å². The number of amides is 1. The molecule has 4 nitrogen and oxygen atoms in total. The normalized spacial score (nSPS) is 21.5. The van der Waals surface area contributed by atoms with Gasteiger partial charge in [0.2, 0.25) is 0 Å². The average Bonchev–Trinajstić information content (AvgIpc) is 2.86. The number of carbonyl (C=O) groups excluding carboxylic acids is 1. The lowest BCUT2D eigenvalue weighted by Gasteiger charge is -2.30. The van der Waals surface area contributed by atoms with Gasteiger partial charge in [-0.2, -0.15) is 0 Å². The predicted molar refractivity (Wildman–Crippen MR) is 92.5 cm³/mol. The van der Waals surface area contributed by atoms with Gasteiger partial charge in [-0.25, -0.2) is 4.99 Å². The summed E-state index contributed by atoms with van der Waals surface area (Å²) in [4.78, 5) is 21.3. The molecule has 116 valence electrons. The van der Waals surface area contributed by atoms with Crippen LogP contribution in [0.25, 0.3) is 6.08 Å². The van der Waals surface area contributed by atoms with Crippen molar-refractivity contribution in [1.29, 1.82) is 0 Å². The Kier molecular flexibility index (Phi) is 4.95. The number of amidine groups is 1. The Balaban J connectivity index is 1.77. The molecule has 2 heterocycles. The summed E-state index contributed by atoms with van der Waals surface area (Å²) in [5.41, 5.74) is 1.54. The number of likely N-dealkylation sites (tertiary alicyclic amines) is 1. The fraction of sp³-hybridized carbons (Fsp3) is 0.412. The fourth-order valence-electron chi connectivity index (χ4n) is 2.82. The maximum absolute atomic E-state index is 12.7. The molecule has 0 unspecified atom stereocenters. The van der Waals surface area contributed by atoms with Crippen molar-refractivity contribution in [3.8, 4) is 0 Å². The molecule has 1 fully saturated rings. The molecule has 2 aliphatic heterocycles. The minimum atomic E-state index is 0.0128. The molecule has 0 N–H and O–H groups in total. The van der Waals surface area contributed by atoms with Gasteiger partial charge in [0.15, 0.2) is 5.17 Å². The van der Waals surface area contributed by atoms with Crippen LogP contribution in [0.15, 0.2) is 41.0 Å². The number of aliphatic imine (C=N–C) groups is 1. The molecular formula is C17H21N3OS. The molecule has 0 bridgehead atoms. The second-order valence-corrected chi connectivity index (χ2v) is 6.37. The van der Waals surface area contributed by atoms with E-state index in [0.29, 0.717) is 12.4 Å². The molecule has 3 rings (SSSR count). The summed E-state index contributed by atoms with van der Waals surface area (Å²) in [5, 5.41) is 0.803. The first-order valence-corrected chi connectivity index (χ1v) is 8.94. The summed E-state index contributed by atoms with van der Waals surface area (Å²) < 4.78 is 0. The number of hydrogen-bond acceptors (Lipinski definition) is 4. The van der Waals surface area contributed by atoms with E-state index in [1.165, 1.54) is 31.0 Å². The van der Waals surface area contributed by atoms with E-state index in [1.54, 1.807) is 0 Å². The molecule has 2 aliphatic rings. The molecule has 0 saturated carbocycles. The Labute approximate surface area is 135 Å². The third kappa shape index (κ3) is 3.42. The van der Waals surface area contributed by atoms with E-state index < -0.39 is 0 Å². The van der Waals surface area contributed by atoms with Crippen LogP contribution >= 0.6 is 11.8 Å². The molecule has 0 aliphatic carbocycles. The Bertz CT molecular complexity index is 591. The Morgan fingerprint density at radius 2 is 1.91 bits per heavy atom. The van der Waals surface area contributed by atoms with Crippen LogP contribution in [-0.2, 0) is 4.79 Å². The summed E-state index contributed by atoms with van der Waals surface area (Å²) in [6, 6.07) is 9.88. The van der Waals surface area contributed by atoms with Crippen LogP contribution in [0, 0.1) is 0 Å². The van der Waals surface area contributed by atoms with E-state index in [-0.39, 0.29) is 5.91 Å². The zero-order valence-corrected chi connectivity index (χ0v) is 13.7. The highest BCUT2D eigenvalue weighted by Crippen LogP contribution is 2.23. The van der Waals surface area contributed by atoms with E-state index in [2.05, 4.69) is 9.89 Å². The van der Waals surface area contributed by atoms with Gasteiger partial charge in [-0.05, 0) is 43.8 Å². The maximum atomic E-state index is 12.7. The number of nitrogens with zero attached hydrogens (tertiary/aromatic N) is 3. The number of carbonyl (C=O) groups is 1. The van der Waals surface area contributed by atoms with Crippen molar-refractivity contribution in [1.82, 2.24) is 9.80 Å². The number of thioether (sulfide) groups is 1. The van der Waals surface area contributed by atoms with Gasteiger partial charge >= 0.3 is 0 Å². The van der Waals surface area contributed by atoms with Gasteiger partial charge in [0.05, 0.1) is 6.67 Å². The smallest absolute Gasteiger partial charge is 0.279 e. The standard InChI is InChI=1S/C17H21N3OS/c1-22-17-18-15(12-14-8-4-2-5-9-14)16(21)20(17)13-19-10-6-3-7-11-19/h2,4-5,8-9,12H,3,6-7,10-11,13H2,1H3/b15-12-. The van der Waals surface area contributed by atoms with Crippen molar-refractivity contribution in [2.24, 2.45) is 4.99 Å². The van der Waals surface area contributed by atoms with E-state index in [1.807, 2.05) is 47.6 Å². The molecule has 1 saturated heterocycles. The summed E-state index contributed by atoms with van der Waals surface area (Å²) in [5.74, 6) is 0.0128. The number of piperidine rings is 1. The SMILES string of the molecule is CSC1=N/C(=C\c2ccccc2)C(=O)N1CN1CCCCC1. The average molecular weight is 315 g/mol. The van der Waals surface area contributed by atoms with Gasteiger partial charge in [-0.3, -0.25) is 14.6 Å². The molecule has 0 aromatic heterocycles. The minimum Gasteiger partial charge on any atom is -0.286 e. The molecule has 22 heavy (non-hydrogen) atoms. The van der Waals surface area contributed by atoms with Crippen LogP contribution in [-0.4, -0.2) is 46.9 Å². The topological polar surface area (TPSA) is 35.9 Å². The summed E-state index contributed by atoms with van der Waals surface area (Å²) in [7, 11) is 0. The van der Waals surface area contributed by atoms with Gasteiger partial charge in [0.1, 0.15) is 5.70 Å². The van der Waals surface area contributed by atoms with Gasteiger partial charge in [-0.1, -0.05) is 48.5 Å². The second-order valence-electron chi connectivity index (χ2n) is 5.59.